The maximum absolute atomic E-state index is 10.2. The number of ether oxygens (including phenoxy) is 5. The normalized spacial score (nSPS) is 52.5. The van der Waals surface area contributed by atoms with E-state index in [1.807, 2.05) is 0 Å². The standard InChI is InChI=1S/C18H32O16/c19-1-4-7(20)11(24)14(27)17(33-4)31-3-6-9(22)12(25)15(28)18(34-6)30-2-5-8(21)10(23)13(26)16(29)32-5/h4-29H,1-3H2/t4-,5-,6-,7+,8+,9+,10+,11+,12+,13-,14-,15-,16?,17+,18+/m1/s1. The van der Waals surface area contributed by atoms with E-state index in [0.717, 1.165) is 0 Å². The molecule has 0 radical (unpaired) electrons. The number of aliphatic hydroxyl groups excluding tert-OH is 11. The largest absolute Gasteiger partial charge is 0.394 e. The van der Waals surface area contributed by atoms with Crippen LogP contribution in [0.3, 0.4) is 0 Å². The Hall–Kier alpha value is -0.640. The minimum atomic E-state index is -1.82. The van der Waals surface area contributed by atoms with E-state index in [1.54, 1.807) is 0 Å². The first-order valence-corrected chi connectivity index (χ1v) is 10.6. The molecule has 0 saturated carbocycles. The zero-order valence-electron chi connectivity index (χ0n) is 17.7. The third-order valence-electron chi connectivity index (χ3n) is 6.05. The van der Waals surface area contributed by atoms with Gasteiger partial charge in [0.2, 0.25) is 0 Å². The Kier molecular flexibility index (Phi) is 9.54. The summed E-state index contributed by atoms with van der Waals surface area (Å²) in [7, 11) is 0. The fourth-order valence-corrected chi connectivity index (χ4v) is 3.84. The van der Waals surface area contributed by atoms with Gasteiger partial charge in [-0.2, -0.15) is 0 Å². The Morgan fingerprint density at radius 2 is 0.824 bits per heavy atom. The van der Waals surface area contributed by atoms with Gasteiger partial charge in [0.1, 0.15) is 73.2 Å². The highest BCUT2D eigenvalue weighted by Crippen LogP contribution is 2.27. The van der Waals surface area contributed by atoms with Crippen molar-refractivity contribution in [2.75, 3.05) is 19.8 Å². The molecule has 15 atom stereocenters. The lowest BCUT2D eigenvalue weighted by molar-refractivity contribution is -0.340. The third kappa shape index (κ3) is 5.68. The first-order valence-electron chi connectivity index (χ1n) is 10.6. The maximum atomic E-state index is 10.2. The lowest BCUT2D eigenvalue weighted by Crippen LogP contribution is -2.62. The lowest BCUT2D eigenvalue weighted by atomic mass is 9.98. The van der Waals surface area contributed by atoms with E-state index in [2.05, 4.69) is 0 Å². The summed E-state index contributed by atoms with van der Waals surface area (Å²) in [6, 6.07) is 0. The van der Waals surface area contributed by atoms with Crippen molar-refractivity contribution in [3.05, 3.63) is 0 Å². The van der Waals surface area contributed by atoms with Gasteiger partial charge in [-0.25, -0.2) is 0 Å². The van der Waals surface area contributed by atoms with Gasteiger partial charge in [-0.1, -0.05) is 0 Å². The van der Waals surface area contributed by atoms with Crippen LogP contribution in [0.5, 0.6) is 0 Å². The molecule has 3 saturated heterocycles. The minimum absolute atomic E-state index is 0.570. The summed E-state index contributed by atoms with van der Waals surface area (Å²) in [4.78, 5) is 0. The van der Waals surface area contributed by atoms with E-state index in [4.69, 9.17) is 23.7 Å². The van der Waals surface area contributed by atoms with Crippen LogP contribution in [0.4, 0.5) is 0 Å². The van der Waals surface area contributed by atoms with Gasteiger partial charge in [-0.3, -0.25) is 0 Å². The predicted octanol–water partition coefficient (Wildman–Crippen LogP) is -7.57. The van der Waals surface area contributed by atoms with Crippen molar-refractivity contribution in [2.24, 2.45) is 0 Å². The summed E-state index contributed by atoms with van der Waals surface area (Å²) in [5.41, 5.74) is 0. The second-order valence-corrected chi connectivity index (χ2v) is 8.42. The van der Waals surface area contributed by atoms with Crippen LogP contribution in [0.25, 0.3) is 0 Å². The average molecular weight is 504 g/mol. The summed E-state index contributed by atoms with van der Waals surface area (Å²) < 4.78 is 26.1. The molecule has 3 aliphatic heterocycles. The molecule has 3 heterocycles. The van der Waals surface area contributed by atoms with E-state index in [1.165, 1.54) is 0 Å². The molecule has 34 heavy (non-hydrogen) atoms. The Bertz CT molecular complexity index is 639. The molecule has 16 nitrogen and oxygen atoms in total. The quantitative estimate of drug-likeness (QED) is 0.154. The molecule has 16 heteroatoms. The van der Waals surface area contributed by atoms with Crippen LogP contribution in [0.1, 0.15) is 0 Å². The van der Waals surface area contributed by atoms with Crippen molar-refractivity contribution in [3.63, 3.8) is 0 Å². The highest BCUT2D eigenvalue weighted by Gasteiger charge is 2.48. The monoisotopic (exact) mass is 504 g/mol. The van der Waals surface area contributed by atoms with Crippen LogP contribution in [0.15, 0.2) is 0 Å². The zero-order chi connectivity index (χ0) is 25.3. The third-order valence-corrected chi connectivity index (χ3v) is 6.05. The second-order valence-electron chi connectivity index (χ2n) is 8.42. The van der Waals surface area contributed by atoms with Crippen molar-refractivity contribution >= 4 is 0 Å². The van der Waals surface area contributed by atoms with E-state index < -0.39 is 112 Å². The van der Waals surface area contributed by atoms with Crippen molar-refractivity contribution in [1.82, 2.24) is 0 Å². The molecule has 0 aliphatic carbocycles. The van der Waals surface area contributed by atoms with E-state index in [-0.39, 0.29) is 0 Å². The molecule has 0 aromatic heterocycles. The van der Waals surface area contributed by atoms with E-state index in [0.29, 0.717) is 0 Å². The highest BCUT2D eigenvalue weighted by atomic mass is 16.7. The Morgan fingerprint density at radius 1 is 0.441 bits per heavy atom. The Morgan fingerprint density at radius 3 is 1.29 bits per heavy atom. The van der Waals surface area contributed by atoms with Gasteiger partial charge in [-0.05, 0) is 0 Å². The van der Waals surface area contributed by atoms with Crippen LogP contribution in [-0.4, -0.2) is 168 Å². The molecule has 0 bridgehead atoms. The number of hydrogen-bond donors (Lipinski definition) is 11. The molecule has 0 spiro atoms. The van der Waals surface area contributed by atoms with Gasteiger partial charge in [0.25, 0.3) is 0 Å². The van der Waals surface area contributed by atoms with Crippen molar-refractivity contribution in [1.29, 1.82) is 0 Å². The van der Waals surface area contributed by atoms with E-state index in [9.17, 15) is 56.2 Å². The number of rotatable bonds is 7. The van der Waals surface area contributed by atoms with E-state index >= 15 is 0 Å². The number of hydrogen-bond acceptors (Lipinski definition) is 16. The summed E-state index contributed by atoms with van der Waals surface area (Å²) in [6.45, 7) is -1.84. The molecule has 1 unspecified atom stereocenters. The van der Waals surface area contributed by atoms with Crippen molar-refractivity contribution < 1.29 is 79.9 Å². The molecular formula is C18H32O16. The molecule has 200 valence electrons. The molecule has 3 aliphatic rings. The molecular weight excluding hydrogens is 472 g/mol. The van der Waals surface area contributed by atoms with Crippen LogP contribution >= 0.6 is 0 Å². The van der Waals surface area contributed by atoms with Crippen LogP contribution in [0.2, 0.25) is 0 Å². The number of aliphatic hydroxyl groups is 11. The summed E-state index contributed by atoms with van der Waals surface area (Å²) in [5.74, 6) is 0. The molecule has 3 fully saturated rings. The molecule has 0 aromatic carbocycles. The Balaban J connectivity index is 1.58. The van der Waals surface area contributed by atoms with Crippen molar-refractivity contribution in [2.45, 2.75) is 92.1 Å². The minimum Gasteiger partial charge on any atom is -0.394 e. The fraction of sp³-hybridized carbons (Fsp3) is 1.00. The van der Waals surface area contributed by atoms with Crippen LogP contribution < -0.4 is 0 Å². The zero-order valence-corrected chi connectivity index (χ0v) is 17.7. The summed E-state index contributed by atoms with van der Waals surface area (Å²) in [6.07, 6.45) is -24.4. The summed E-state index contributed by atoms with van der Waals surface area (Å²) >= 11 is 0. The topological polar surface area (TPSA) is 269 Å². The van der Waals surface area contributed by atoms with Gasteiger partial charge in [0.05, 0.1) is 19.8 Å². The second kappa shape index (κ2) is 11.6. The predicted molar refractivity (Wildman–Crippen MR) is 101 cm³/mol. The maximum Gasteiger partial charge on any atom is 0.186 e. The summed E-state index contributed by atoms with van der Waals surface area (Å²) in [5, 5.41) is 108. The average Bonchev–Trinajstić information content (AvgIpc) is 2.82. The molecule has 0 aromatic rings. The van der Waals surface area contributed by atoms with Gasteiger partial charge in [0, 0.05) is 0 Å². The molecule has 3 rings (SSSR count). The lowest BCUT2D eigenvalue weighted by Gasteiger charge is -2.43. The van der Waals surface area contributed by atoms with Gasteiger partial charge < -0.3 is 79.9 Å². The van der Waals surface area contributed by atoms with Crippen molar-refractivity contribution in [3.8, 4) is 0 Å². The first kappa shape index (κ1) is 27.9. The SMILES string of the molecule is OC[C@H]1O[C@H](OC[C@H]2O[C@H](OC[C@H]3OC(O)[C@H](O)[C@@H](O)[C@H]3O)[C@H](O)[C@@H](O)[C@H]2O)[C@H](O)[C@@H](O)[C@H]1O. The van der Waals surface area contributed by atoms with Gasteiger partial charge >= 0.3 is 0 Å². The van der Waals surface area contributed by atoms with Crippen LogP contribution in [-0.2, 0) is 23.7 Å². The Labute approximate surface area is 192 Å². The highest BCUT2D eigenvalue weighted by molar-refractivity contribution is 4.92. The molecule has 11 N–H and O–H groups in total. The van der Waals surface area contributed by atoms with Gasteiger partial charge in [0.15, 0.2) is 18.9 Å². The smallest absolute Gasteiger partial charge is 0.186 e. The molecule has 0 amide bonds. The van der Waals surface area contributed by atoms with Crippen LogP contribution in [0, 0.1) is 0 Å². The van der Waals surface area contributed by atoms with Gasteiger partial charge in [-0.15, -0.1) is 0 Å². The first-order chi connectivity index (χ1) is 16.0. The fourth-order valence-electron chi connectivity index (χ4n) is 3.84.